The largest absolute Gasteiger partial charge is 0.494 e. The number of nitrogens with one attached hydrogen (secondary N) is 2. The van der Waals surface area contributed by atoms with Gasteiger partial charge in [-0.15, -0.1) is 0 Å². The number of hydrogen-bond acceptors (Lipinski definition) is 14. The molecule has 0 saturated carbocycles. The van der Waals surface area contributed by atoms with Crippen LogP contribution in [-0.4, -0.2) is 131 Å². The molecular weight excluding hydrogens is 672 g/mol. The van der Waals surface area contributed by atoms with Gasteiger partial charge in [-0.3, -0.25) is 19.2 Å². The Bertz CT molecular complexity index is 1620. The molecule has 3 unspecified atom stereocenters. The number of ether oxygens (including phenoxy) is 2. The van der Waals surface area contributed by atoms with Crippen molar-refractivity contribution < 1.29 is 79.1 Å². The highest BCUT2D eigenvalue weighted by Gasteiger charge is 2.58. The van der Waals surface area contributed by atoms with Gasteiger partial charge < -0.3 is 71.6 Å². The summed E-state index contributed by atoms with van der Waals surface area (Å²) in [6.45, 7) is -0.624. The van der Waals surface area contributed by atoms with Crippen molar-refractivity contribution in [3.05, 3.63) is 65.2 Å². The van der Waals surface area contributed by atoms with Crippen molar-refractivity contribution in [2.24, 2.45) is 5.73 Å². The number of β-lactam (4-membered cyclic amide) rings is 1. The van der Waals surface area contributed by atoms with E-state index >= 15 is 0 Å². The summed E-state index contributed by atoms with van der Waals surface area (Å²) < 4.78 is 10.4. The van der Waals surface area contributed by atoms with Crippen molar-refractivity contribution in [2.75, 3.05) is 13.2 Å². The summed E-state index contributed by atoms with van der Waals surface area (Å²) in [6.07, 6.45) is -10.4. The maximum absolute atomic E-state index is 13.4. The summed E-state index contributed by atoms with van der Waals surface area (Å²) in [5.74, 6) is -9.34. The maximum atomic E-state index is 13.4. The van der Waals surface area contributed by atoms with Crippen LogP contribution in [0.4, 0.5) is 0 Å². The number of nitrogens with zero attached hydrogens (tertiary/aromatic N) is 1. The second kappa shape index (κ2) is 14.7. The molecule has 0 bridgehead atoms. The van der Waals surface area contributed by atoms with E-state index in [1.165, 1.54) is 24.3 Å². The van der Waals surface area contributed by atoms with Crippen molar-refractivity contribution >= 4 is 36.1 Å². The lowest BCUT2D eigenvalue weighted by atomic mass is 9.87. The smallest absolute Gasteiger partial charge is 0.335 e. The summed E-state index contributed by atoms with van der Waals surface area (Å²) in [7, 11) is 0. The van der Waals surface area contributed by atoms with Gasteiger partial charge in [0.05, 0.1) is 13.2 Å². The highest BCUT2D eigenvalue weighted by Crippen LogP contribution is 2.38. The van der Waals surface area contributed by atoms with Gasteiger partial charge >= 0.3 is 17.9 Å². The summed E-state index contributed by atoms with van der Waals surface area (Å²) in [5.41, 5.74) is 2.86. The minimum atomic E-state index is -2.86. The molecule has 2 heterocycles. The molecular formula is C30H34N4O16. The molecule has 0 aliphatic carbocycles. The number of carbonyl (C=O) groups is 6. The Morgan fingerprint density at radius 3 is 2.10 bits per heavy atom. The highest BCUT2D eigenvalue weighted by atomic mass is 16.7. The maximum Gasteiger partial charge on any atom is 0.335 e. The zero-order valence-corrected chi connectivity index (χ0v) is 25.7. The molecule has 50 heavy (non-hydrogen) atoms. The van der Waals surface area contributed by atoms with Crippen molar-refractivity contribution in [1.29, 1.82) is 0 Å². The minimum Gasteiger partial charge on any atom is -0.494 e. The van der Waals surface area contributed by atoms with Crippen LogP contribution in [0.25, 0.3) is 0 Å². The zero-order chi connectivity index (χ0) is 37.1. The van der Waals surface area contributed by atoms with Crippen LogP contribution in [0, 0.1) is 0 Å². The van der Waals surface area contributed by atoms with E-state index in [1.54, 1.807) is 0 Å². The Morgan fingerprint density at radius 2 is 1.58 bits per heavy atom. The molecule has 2 fully saturated rings. The van der Waals surface area contributed by atoms with Crippen LogP contribution < -0.4 is 21.1 Å². The van der Waals surface area contributed by atoms with Crippen molar-refractivity contribution in [2.45, 2.75) is 60.5 Å². The van der Waals surface area contributed by atoms with Gasteiger partial charge in [-0.05, 0) is 23.3 Å². The molecule has 0 aromatic heterocycles. The van der Waals surface area contributed by atoms with Crippen LogP contribution in [-0.2, 0) is 39.3 Å². The molecule has 4 rings (SSSR count). The fourth-order valence-electron chi connectivity index (χ4n) is 5.42. The SMILES string of the molecule is NC(CCOc1ccc([C@@H](O)C(=O)NC2(NC=O)CN(C(C(=O)O)c3ccc([C@@]4(O)O[C@H](C(=O)O)[C@@H](O)[C@H](O)[C@H]4O)cc3)C2=O)cc1)C(=O)O. The summed E-state index contributed by atoms with van der Waals surface area (Å²) in [6, 6.07) is 6.75. The number of aliphatic hydroxyl groups excluding tert-OH is 4. The average molecular weight is 707 g/mol. The fourth-order valence-corrected chi connectivity index (χ4v) is 5.42. The number of aliphatic hydroxyl groups is 5. The van der Waals surface area contributed by atoms with Crippen LogP contribution in [0.1, 0.15) is 35.3 Å². The van der Waals surface area contributed by atoms with Gasteiger partial charge in [-0.25, -0.2) is 9.59 Å². The van der Waals surface area contributed by atoms with E-state index < -0.39 is 90.3 Å². The minimum absolute atomic E-state index is 0.0151. The van der Waals surface area contributed by atoms with Crippen LogP contribution in [0.15, 0.2) is 48.5 Å². The third-order valence-electron chi connectivity index (χ3n) is 8.25. The van der Waals surface area contributed by atoms with Crippen LogP contribution >= 0.6 is 0 Å². The number of likely N-dealkylation sites (tertiary alicyclic amines) is 1. The Hall–Kier alpha value is -5.22. The molecule has 9 atom stereocenters. The fraction of sp³-hybridized carbons (Fsp3) is 0.400. The number of hydrogen-bond donors (Lipinski definition) is 11. The number of nitrogens with two attached hydrogens (primary N) is 1. The summed E-state index contributed by atoms with van der Waals surface area (Å²) >= 11 is 0. The van der Waals surface area contributed by atoms with Gasteiger partial charge in [0.2, 0.25) is 17.9 Å². The molecule has 2 saturated heterocycles. The molecule has 2 aromatic carbocycles. The lowest BCUT2D eigenvalue weighted by Crippen LogP contribution is -2.81. The highest BCUT2D eigenvalue weighted by molar-refractivity contribution is 6.00. The third kappa shape index (κ3) is 7.21. The van der Waals surface area contributed by atoms with Gasteiger partial charge in [0.25, 0.3) is 11.8 Å². The molecule has 2 aromatic rings. The number of amides is 3. The Morgan fingerprint density at radius 1 is 0.980 bits per heavy atom. The molecule has 0 radical (unpaired) electrons. The standard InChI is InChI=1S/C30H34N4O16/c31-17(25(41)42)9-10-49-16-7-3-14(4-8-16)19(36)24(40)33-29(32-12-35)11-34(28(29)47)18(26(43)44)13-1-5-15(6-2-13)30(48)23(39)21(38)20(37)22(50-30)27(45)46/h1-8,12,17-23,36-39,48H,9-11,31H2,(H,32,35)(H,33,40)(H,41,42)(H,43,44)(H,45,46)/t17?,18?,19-,20+,21+,22+,23-,29?,30-/m1/s1. The van der Waals surface area contributed by atoms with E-state index in [4.69, 9.17) is 20.3 Å². The average Bonchev–Trinajstić information content (AvgIpc) is 3.08. The van der Waals surface area contributed by atoms with Gasteiger partial charge in [-0.1, -0.05) is 36.4 Å². The first-order valence-corrected chi connectivity index (χ1v) is 14.7. The van der Waals surface area contributed by atoms with Crippen LogP contribution in [0.3, 0.4) is 0 Å². The van der Waals surface area contributed by atoms with E-state index in [2.05, 4.69) is 10.6 Å². The van der Waals surface area contributed by atoms with Crippen LogP contribution in [0.2, 0.25) is 0 Å². The lowest BCUT2D eigenvalue weighted by Gasteiger charge is -2.50. The first kappa shape index (κ1) is 37.6. The summed E-state index contributed by atoms with van der Waals surface area (Å²) in [5, 5.41) is 84.5. The monoisotopic (exact) mass is 706 g/mol. The second-order valence-electron chi connectivity index (χ2n) is 11.5. The molecule has 12 N–H and O–H groups in total. The summed E-state index contributed by atoms with van der Waals surface area (Å²) in [4.78, 5) is 73.2. The normalized spacial score (nSPS) is 28.0. The molecule has 270 valence electrons. The molecule has 20 heteroatoms. The van der Waals surface area contributed by atoms with Gasteiger partial charge in [-0.2, -0.15) is 0 Å². The Labute approximate surface area is 281 Å². The molecule has 2 aliphatic heterocycles. The molecule has 3 amide bonds. The van der Waals surface area contributed by atoms with Gasteiger partial charge in [0, 0.05) is 12.0 Å². The third-order valence-corrected chi connectivity index (χ3v) is 8.25. The van der Waals surface area contributed by atoms with Crippen molar-refractivity contribution in [3.8, 4) is 5.75 Å². The topological polar surface area (TPSA) is 336 Å². The zero-order valence-electron chi connectivity index (χ0n) is 25.7. The quantitative estimate of drug-likeness (QED) is 0.0475. The first-order valence-electron chi connectivity index (χ1n) is 14.7. The molecule has 0 spiro atoms. The van der Waals surface area contributed by atoms with E-state index in [1.807, 2.05) is 0 Å². The number of rotatable bonds is 15. The number of benzene rings is 2. The predicted octanol–water partition coefficient (Wildman–Crippen LogP) is -4.16. The number of carbonyl (C=O) groups excluding carboxylic acids is 3. The van der Waals surface area contributed by atoms with E-state index in [-0.39, 0.29) is 41.9 Å². The predicted molar refractivity (Wildman–Crippen MR) is 160 cm³/mol. The number of aliphatic carboxylic acids is 3. The lowest BCUT2D eigenvalue weighted by molar-refractivity contribution is -0.349. The molecule has 2 aliphatic rings. The Kier molecular flexibility index (Phi) is 11.1. The van der Waals surface area contributed by atoms with E-state index in [0.717, 1.165) is 29.2 Å². The van der Waals surface area contributed by atoms with Crippen molar-refractivity contribution in [3.63, 3.8) is 0 Å². The first-order chi connectivity index (χ1) is 23.5. The van der Waals surface area contributed by atoms with E-state index in [0.29, 0.717) is 0 Å². The second-order valence-corrected chi connectivity index (χ2v) is 11.5. The molecule has 20 nitrogen and oxygen atoms in total. The number of carboxylic acids is 3. The van der Waals surface area contributed by atoms with E-state index in [9.17, 15) is 64.5 Å². The Balaban J connectivity index is 1.46. The van der Waals surface area contributed by atoms with Gasteiger partial charge in [0.1, 0.15) is 30.1 Å². The van der Waals surface area contributed by atoms with Gasteiger partial charge in [0.15, 0.2) is 18.2 Å². The van der Waals surface area contributed by atoms with Crippen LogP contribution in [0.5, 0.6) is 5.75 Å². The van der Waals surface area contributed by atoms with Crippen molar-refractivity contribution in [1.82, 2.24) is 15.5 Å². The number of carboxylic acid groups (broad SMARTS) is 3.